The first-order valence-electron chi connectivity index (χ1n) is 3.37. The number of rotatable bonds is 4. The maximum Gasteiger partial charge on any atom is 0.217 e. The summed E-state index contributed by atoms with van der Waals surface area (Å²) in [5.41, 5.74) is 4.84. The summed E-state index contributed by atoms with van der Waals surface area (Å²) in [6.07, 6.45) is 0.962. The number of hydrogen-bond acceptors (Lipinski definition) is 2. The van der Waals surface area contributed by atoms with Crippen LogP contribution in [0.15, 0.2) is 0 Å². The zero-order chi connectivity index (χ0) is 8.20. The predicted octanol–water partition coefficient (Wildman–Crippen LogP) is 0.270. The molecular formula is C7H15NO2. The molecule has 0 aromatic heterocycles. The molecule has 0 saturated heterocycles. The Morgan fingerprint density at radius 3 is 2.40 bits per heavy atom. The lowest BCUT2D eigenvalue weighted by atomic mass is 9.86. The van der Waals surface area contributed by atoms with Crippen LogP contribution in [0.3, 0.4) is 0 Å². The summed E-state index contributed by atoms with van der Waals surface area (Å²) in [5, 5.41) is 8.56. The molecule has 0 fully saturated rings. The summed E-state index contributed by atoms with van der Waals surface area (Å²) in [6, 6.07) is 0. The maximum atomic E-state index is 10.4. The number of nitrogens with two attached hydrogens (primary N) is 1. The number of carbonyl (C=O) groups excluding carboxylic acids is 1. The quantitative estimate of drug-likeness (QED) is 0.596. The fourth-order valence-corrected chi connectivity index (χ4v) is 0.863. The highest BCUT2D eigenvalue weighted by Crippen LogP contribution is 2.23. The molecule has 0 aliphatic carbocycles. The van der Waals surface area contributed by atoms with Gasteiger partial charge in [-0.3, -0.25) is 4.79 Å². The van der Waals surface area contributed by atoms with Crippen molar-refractivity contribution < 1.29 is 9.90 Å². The van der Waals surface area contributed by atoms with Gasteiger partial charge in [0.1, 0.15) is 0 Å². The molecule has 0 bridgehead atoms. The monoisotopic (exact) mass is 145 g/mol. The van der Waals surface area contributed by atoms with E-state index in [1.165, 1.54) is 0 Å². The third-order valence-corrected chi connectivity index (χ3v) is 1.44. The summed E-state index contributed by atoms with van der Waals surface area (Å²) >= 11 is 0. The number of amides is 1. The highest BCUT2D eigenvalue weighted by molar-refractivity contribution is 5.74. The molecule has 0 heterocycles. The molecule has 0 radical (unpaired) electrons. The summed E-state index contributed by atoms with van der Waals surface area (Å²) in [7, 11) is 0. The van der Waals surface area contributed by atoms with E-state index in [-0.39, 0.29) is 17.9 Å². The molecule has 0 unspecified atom stereocenters. The van der Waals surface area contributed by atoms with Crippen LogP contribution in [0.2, 0.25) is 0 Å². The average molecular weight is 145 g/mol. The van der Waals surface area contributed by atoms with Gasteiger partial charge in [0.2, 0.25) is 5.91 Å². The van der Waals surface area contributed by atoms with Crippen LogP contribution in [-0.2, 0) is 4.79 Å². The number of primary amides is 1. The normalized spacial score (nSPS) is 11.5. The van der Waals surface area contributed by atoms with Crippen LogP contribution < -0.4 is 5.73 Å². The van der Waals surface area contributed by atoms with Gasteiger partial charge in [-0.15, -0.1) is 0 Å². The number of hydrogen-bond donors (Lipinski definition) is 2. The molecule has 10 heavy (non-hydrogen) atoms. The second-order valence-corrected chi connectivity index (χ2v) is 3.28. The van der Waals surface area contributed by atoms with Crippen molar-refractivity contribution in [1.82, 2.24) is 0 Å². The Bertz CT molecular complexity index is 121. The molecular weight excluding hydrogens is 130 g/mol. The number of aliphatic hydroxyl groups excluding tert-OH is 1. The van der Waals surface area contributed by atoms with Gasteiger partial charge in [-0.2, -0.15) is 0 Å². The molecule has 1 amide bonds. The van der Waals surface area contributed by atoms with Gasteiger partial charge in [0, 0.05) is 13.0 Å². The van der Waals surface area contributed by atoms with Crippen LogP contribution in [0.4, 0.5) is 0 Å². The van der Waals surface area contributed by atoms with Gasteiger partial charge in [0.25, 0.3) is 0 Å². The average Bonchev–Trinajstić information content (AvgIpc) is 1.59. The van der Waals surface area contributed by atoms with Crippen molar-refractivity contribution in [2.45, 2.75) is 26.7 Å². The van der Waals surface area contributed by atoms with E-state index in [9.17, 15) is 4.79 Å². The van der Waals surface area contributed by atoms with Gasteiger partial charge in [-0.25, -0.2) is 0 Å². The van der Waals surface area contributed by atoms with E-state index in [0.717, 1.165) is 0 Å². The molecule has 3 nitrogen and oxygen atoms in total. The third kappa shape index (κ3) is 4.32. The first-order valence-corrected chi connectivity index (χ1v) is 3.37. The van der Waals surface area contributed by atoms with E-state index in [1.54, 1.807) is 0 Å². The van der Waals surface area contributed by atoms with Crippen LogP contribution in [0.1, 0.15) is 26.7 Å². The summed E-state index contributed by atoms with van der Waals surface area (Å²) in [4.78, 5) is 10.4. The van der Waals surface area contributed by atoms with Crippen molar-refractivity contribution in [3.05, 3.63) is 0 Å². The molecule has 0 aromatic rings. The van der Waals surface area contributed by atoms with Gasteiger partial charge >= 0.3 is 0 Å². The van der Waals surface area contributed by atoms with Gasteiger partial charge in [-0.05, 0) is 11.8 Å². The molecule has 3 N–H and O–H groups in total. The van der Waals surface area contributed by atoms with Gasteiger partial charge in [-0.1, -0.05) is 13.8 Å². The molecule has 0 aliphatic rings. The van der Waals surface area contributed by atoms with Crippen molar-refractivity contribution >= 4 is 5.91 Å². The standard InChI is InChI=1S/C7H15NO2/c1-7(2,3-4-9)5-6(8)10/h9H,3-5H2,1-2H3,(H2,8,10). The van der Waals surface area contributed by atoms with Crippen LogP contribution in [-0.4, -0.2) is 17.6 Å². The molecule has 60 valence electrons. The Morgan fingerprint density at radius 2 is 2.10 bits per heavy atom. The van der Waals surface area contributed by atoms with E-state index in [0.29, 0.717) is 12.8 Å². The minimum atomic E-state index is -0.307. The topological polar surface area (TPSA) is 63.3 Å². The lowest BCUT2D eigenvalue weighted by Crippen LogP contribution is -2.23. The summed E-state index contributed by atoms with van der Waals surface area (Å²) < 4.78 is 0. The summed E-state index contributed by atoms with van der Waals surface area (Å²) in [5.74, 6) is -0.307. The smallest absolute Gasteiger partial charge is 0.217 e. The molecule has 0 rings (SSSR count). The lowest BCUT2D eigenvalue weighted by Gasteiger charge is -2.20. The molecule has 0 aliphatic heterocycles. The summed E-state index contributed by atoms with van der Waals surface area (Å²) in [6.45, 7) is 3.93. The highest BCUT2D eigenvalue weighted by Gasteiger charge is 2.19. The Kier molecular flexibility index (Phi) is 3.36. The van der Waals surface area contributed by atoms with Gasteiger partial charge in [0.15, 0.2) is 0 Å². The zero-order valence-electron chi connectivity index (χ0n) is 6.55. The van der Waals surface area contributed by atoms with E-state index >= 15 is 0 Å². The Labute approximate surface area is 61.2 Å². The fraction of sp³-hybridized carbons (Fsp3) is 0.857. The Morgan fingerprint density at radius 1 is 1.60 bits per heavy atom. The molecule has 0 spiro atoms. The van der Waals surface area contributed by atoms with Crippen LogP contribution in [0.25, 0.3) is 0 Å². The minimum absolute atomic E-state index is 0.111. The fourth-order valence-electron chi connectivity index (χ4n) is 0.863. The van der Waals surface area contributed by atoms with Crippen molar-refractivity contribution in [3.8, 4) is 0 Å². The van der Waals surface area contributed by atoms with Crippen LogP contribution in [0, 0.1) is 5.41 Å². The SMILES string of the molecule is CC(C)(CCO)CC(N)=O. The molecule has 0 saturated carbocycles. The van der Waals surface area contributed by atoms with Crippen molar-refractivity contribution in [2.24, 2.45) is 11.1 Å². The zero-order valence-corrected chi connectivity index (χ0v) is 6.55. The minimum Gasteiger partial charge on any atom is -0.396 e. The molecule has 0 aromatic carbocycles. The van der Waals surface area contributed by atoms with E-state index in [1.807, 2.05) is 13.8 Å². The number of aliphatic hydroxyl groups is 1. The second kappa shape index (κ2) is 3.56. The Balaban J connectivity index is 3.74. The third-order valence-electron chi connectivity index (χ3n) is 1.44. The molecule has 3 heteroatoms. The first kappa shape index (κ1) is 9.43. The van der Waals surface area contributed by atoms with E-state index in [4.69, 9.17) is 10.8 Å². The van der Waals surface area contributed by atoms with Crippen LogP contribution in [0.5, 0.6) is 0 Å². The van der Waals surface area contributed by atoms with Crippen molar-refractivity contribution in [1.29, 1.82) is 0 Å². The predicted molar refractivity (Wildman–Crippen MR) is 39.3 cm³/mol. The number of carbonyl (C=O) groups is 1. The lowest BCUT2D eigenvalue weighted by molar-refractivity contribution is -0.120. The highest BCUT2D eigenvalue weighted by atomic mass is 16.3. The van der Waals surface area contributed by atoms with Gasteiger partial charge < -0.3 is 10.8 Å². The van der Waals surface area contributed by atoms with Gasteiger partial charge in [0.05, 0.1) is 0 Å². The largest absolute Gasteiger partial charge is 0.396 e. The Hall–Kier alpha value is -0.570. The van der Waals surface area contributed by atoms with Crippen molar-refractivity contribution in [2.75, 3.05) is 6.61 Å². The second-order valence-electron chi connectivity index (χ2n) is 3.28. The maximum absolute atomic E-state index is 10.4. The van der Waals surface area contributed by atoms with E-state index in [2.05, 4.69) is 0 Å². The van der Waals surface area contributed by atoms with E-state index < -0.39 is 0 Å². The van der Waals surface area contributed by atoms with Crippen molar-refractivity contribution in [3.63, 3.8) is 0 Å². The first-order chi connectivity index (χ1) is 4.48. The molecule has 0 atom stereocenters. The van der Waals surface area contributed by atoms with Crippen LogP contribution >= 0.6 is 0 Å².